The number of aromatic nitrogens is 2. The van der Waals surface area contributed by atoms with Gasteiger partial charge in [-0.05, 0) is 49.6 Å². The Morgan fingerprint density at radius 2 is 1.78 bits per heavy atom. The Morgan fingerprint density at radius 3 is 2.52 bits per heavy atom. The molecule has 1 N–H and O–H groups in total. The van der Waals surface area contributed by atoms with E-state index in [-0.39, 0.29) is 5.82 Å². The van der Waals surface area contributed by atoms with Crippen LogP contribution in [0.5, 0.6) is 0 Å². The van der Waals surface area contributed by atoms with Gasteiger partial charge in [0.1, 0.15) is 22.3 Å². The molecule has 0 radical (unpaired) electrons. The number of anilines is 2. The number of aryl methyl sites for hydroxylation is 3. The topological polar surface area (TPSA) is 37.8 Å². The van der Waals surface area contributed by atoms with Gasteiger partial charge in [0.15, 0.2) is 0 Å². The number of fused-ring (bicyclic) bond motifs is 1. The van der Waals surface area contributed by atoms with Crippen LogP contribution in [0.15, 0.2) is 48.5 Å². The fourth-order valence-electron chi connectivity index (χ4n) is 3.05. The van der Waals surface area contributed by atoms with Crippen LogP contribution in [-0.2, 0) is 6.42 Å². The van der Waals surface area contributed by atoms with Crippen molar-refractivity contribution in [1.82, 2.24) is 9.97 Å². The van der Waals surface area contributed by atoms with Gasteiger partial charge in [0.05, 0.1) is 5.39 Å². The zero-order valence-corrected chi connectivity index (χ0v) is 16.3. The average Bonchev–Trinajstić information content (AvgIpc) is 2.93. The Kier molecular flexibility index (Phi) is 4.62. The lowest BCUT2D eigenvalue weighted by Crippen LogP contribution is -2.02. The number of nitrogens with zero attached hydrogens (tertiary/aromatic N) is 2. The summed E-state index contributed by atoms with van der Waals surface area (Å²) in [7, 11) is 0. The quantitative estimate of drug-likeness (QED) is 0.468. The van der Waals surface area contributed by atoms with E-state index < -0.39 is 0 Å². The van der Waals surface area contributed by atoms with Crippen molar-refractivity contribution >= 4 is 33.1 Å². The first-order chi connectivity index (χ1) is 13.0. The Balaban J connectivity index is 1.79. The van der Waals surface area contributed by atoms with Gasteiger partial charge in [0.2, 0.25) is 0 Å². The number of hydrogen-bond donors (Lipinski definition) is 1. The SMILES string of the molecule is Cc1ccc(Nc2nc(Cc3ccccc3)nc3sc(C)c(C)c23)cc1F. The van der Waals surface area contributed by atoms with E-state index in [2.05, 4.69) is 31.3 Å². The molecule has 0 saturated heterocycles. The molecule has 4 rings (SSSR count). The highest BCUT2D eigenvalue weighted by Crippen LogP contribution is 2.35. The summed E-state index contributed by atoms with van der Waals surface area (Å²) in [6, 6.07) is 15.3. The van der Waals surface area contributed by atoms with Crippen LogP contribution in [-0.4, -0.2) is 9.97 Å². The zero-order valence-electron chi connectivity index (χ0n) is 15.5. The average molecular weight is 377 g/mol. The zero-order chi connectivity index (χ0) is 19.0. The van der Waals surface area contributed by atoms with Crippen LogP contribution in [0.25, 0.3) is 10.2 Å². The molecule has 2 aromatic heterocycles. The van der Waals surface area contributed by atoms with Gasteiger partial charge in [-0.2, -0.15) is 0 Å². The fourth-order valence-corrected chi connectivity index (χ4v) is 4.10. The molecule has 0 bridgehead atoms. The van der Waals surface area contributed by atoms with Gasteiger partial charge in [0, 0.05) is 17.0 Å². The standard InChI is InChI=1S/C22H20FN3S/c1-13-9-10-17(12-18(13)23)24-21-20-14(2)15(3)27-22(20)26-19(25-21)11-16-7-5-4-6-8-16/h4-10,12H,11H2,1-3H3,(H,24,25,26). The highest BCUT2D eigenvalue weighted by molar-refractivity contribution is 7.18. The number of thiophene rings is 1. The van der Waals surface area contributed by atoms with Gasteiger partial charge in [-0.25, -0.2) is 14.4 Å². The second-order valence-corrected chi connectivity index (χ2v) is 7.91. The highest BCUT2D eigenvalue weighted by atomic mass is 32.1. The minimum Gasteiger partial charge on any atom is -0.339 e. The Labute approximate surface area is 161 Å². The van der Waals surface area contributed by atoms with Crippen molar-refractivity contribution in [3.8, 4) is 0 Å². The fraction of sp³-hybridized carbons (Fsp3) is 0.182. The molecule has 0 spiro atoms. The number of nitrogens with one attached hydrogen (secondary N) is 1. The van der Waals surface area contributed by atoms with Crippen LogP contribution in [0.3, 0.4) is 0 Å². The van der Waals surface area contributed by atoms with E-state index in [1.807, 2.05) is 24.3 Å². The Hall–Kier alpha value is -2.79. The molecule has 0 aliphatic heterocycles. The van der Waals surface area contributed by atoms with Crippen LogP contribution >= 0.6 is 11.3 Å². The summed E-state index contributed by atoms with van der Waals surface area (Å²) in [5.41, 5.74) is 3.64. The normalized spacial score (nSPS) is 11.1. The largest absolute Gasteiger partial charge is 0.339 e. The molecule has 2 heterocycles. The monoisotopic (exact) mass is 377 g/mol. The maximum absolute atomic E-state index is 14.0. The number of hydrogen-bond acceptors (Lipinski definition) is 4. The molecule has 27 heavy (non-hydrogen) atoms. The van der Waals surface area contributed by atoms with E-state index in [4.69, 9.17) is 9.97 Å². The summed E-state index contributed by atoms with van der Waals surface area (Å²) in [6.07, 6.45) is 0.656. The van der Waals surface area contributed by atoms with Crippen LogP contribution in [0.1, 0.15) is 27.4 Å². The van der Waals surface area contributed by atoms with Crippen molar-refractivity contribution in [2.45, 2.75) is 27.2 Å². The molecule has 4 aromatic rings. The first-order valence-electron chi connectivity index (χ1n) is 8.85. The third-order valence-electron chi connectivity index (χ3n) is 4.71. The molecule has 2 aromatic carbocycles. The molecule has 0 atom stereocenters. The lowest BCUT2D eigenvalue weighted by atomic mass is 10.1. The molecule has 0 aliphatic carbocycles. The van der Waals surface area contributed by atoms with Gasteiger partial charge >= 0.3 is 0 Å². The lowest BCUT2D eigenvalue weighted by molar-refractivity contribution is 0.619. The van der Waals surface area contributed by atoms with E-state index in [0.29, 0.717) is 17.7 Å². The molecular formula is C22H20FN3S. The summed E-state index contributed by atoms with van der Waals surface area (Å²) in [6.45, 7) is 5.93. The van der Waals surface area contributed by atoms with Crippen molar-refractivity contribution < 1.29 is 4.39 Å². The number of rotatable bonds is 4. The number of halogens is 1. The minimum atomic E-state index is -0.229. The maximum atomic E-state index is 14.0. The third-order valence-corrected chi connectivity index (χ3v) is 5.82. The Bertz CT molecular complexity index is 1120. The van der Waals surface area contributed by atoms with E-state index in [9.17, 15) is 4.39 Å². The highest BCUT2D eigenvalue weighted by Gasteiger charge is 2.15. The van der Waals surface area contributed by atoms with Gasteiger partial charge in [-0.3, -0.25) is 0 Å². The summed E-state index contributed by atoms with van der Waals surface area (Å²) in [5, 5.41) is 4.32. The molecular weight excluding hydrogens is 357 g/mol. The smallest absolute Gasteiger partial charge is 0.143 e. The van der Waals surface area contributed by atoms with Gasteiger partial charge < -0.3 is 5.32 Å². The molecule has 0 unspecified atom stereocenters. The van der Waals surface area contributed by atoms with E-state index in [1.54, 1.807) is 24.3 Å². The predicted octanol–water partition coefficient (Wildman–Crippen LogP) is 6.09. The first-order valence-corrected chi connectivity index (χ1v) is 9.66. The molecule has 0 fully saturated rings. The molecule has 3 nitrogen and oxygen atoms in total. The van der Waals surface area contributed by atoms with Crippen molar-refractivity contribution in [2.24, 2.45) is 0 Å². The lowest BCUT2D eigenvalue weighted by Gasteiger charge is -2.11. The van der Waals surface area contributed by atoms with Crippen LogP contribution in [0.2, 0.25) is 0 Å². The van der Waals surface area contributed by atoms with Crippen molar-refractivity contribution in [3.63, 3.8) is 0 Å². The predicted molar refractivity (Wildman–Crippen MR) is 111 cm³/mol. The van der Waals surface area contributed by atoms with Crippen LogP contribution < -0.4 is 5.32 Å². The van der Waals surface area contributed by atoms with Crippen molar-refractivity contribution in [3.05, 3.63) is 81.7 Å². The molecule has 5 heteroatoms. The van der Waals surface area contributed by atoms with E-state index in [1.165, 1.54) is 10.9 Å². The Morgan fingerprint density at radius 1 is 1.00 bits per heavy atom. The second kappa shape index (κ2) is 7.08. The molecule has 0 aliphatic rings. The minimum absolute atomic E-state index is 0.229. The summed E-state index contributed by atoms with van der Waals surface area (Å²) in [4.78, 5) is 11.7. The van der Waals surface area contributed by atoms with Crippen LogP contribution in [0.4, 0.5) is 15.9 Å². The second-order valence-electron chi connectivity index (χ2n) is 6.70. The summed E-state index contributed by atoms with van der Waals surface area (Å²) < 4.78 is 14.0. The number of benzene rings is 2. The summed E-state index contributed by atoms with van der Waals surface area (Å²) in [5.74, 6) is 1.26. The summed E-state index contributed by atoms with van der Waals surface area (Å²) >= 11 is 1.67. The third kappa shape index (κ3) is 3.55. The maximum Gasteiger partial charge on any atom is 0.143 e. The van der Waals surface area contributed by atoms with E-state index >= 15 is 0 Å². The molecule has 0 saturated carbocycles. The van der Waals surface area contributed by atoms with E-state index in [0.717, 1.165) is 33.0 Å². The van der Waals surface area contributed by atoms with Crippen molar-refractivity contribution in [1.29, 1.82) is 0 Å². The first kappa shape index (κ1) is 17.6. The molecule has 136 valence electrons. The van der Waals surface area contributed by atoms with Gasteiger partial charge in [-0.15, -0.1) is 11.3 Å². The van der Waals surface area contributed by atoms with Crippen molar-refractivity contribution in [2.75, 3.05) is 5.32 Å². The van der Waals surface area contributed by atoms with Gasteiger partial charge in [-0.1, -0.05) is 36.4 Å². The van der Waals surface area contributed by atoms with Crippen LogP contribution in [0, 0.1) is 26.6 Å². The molecule has 0 amide bonds. The van der Waals surface area contributed by atoms with Gasteiger partial charge in [0.25, 0.3) is 0 Å².